The van der Waals surface area contributed by atoms with E-state index in [1.807, 2.05) is 0 Å². The van der Waals surface area contributed by atoms with Gasteiger partial charge in [-0.1, -0.05) is 19.9 Å². The lowest BCUT2D eigenvalue weighted by molar-refractivity contribution is -0.388. The van der Waals surface area contributed by atoms with Crippen molar-refractivity contribution in [2.45, 2.75) is 24.8 Å². The number of carbonyl (C=O) groups is 1. The predicted octanol–water partition coefficient (Wildman–Crippen LogP) is 1.12. The average molecular weight is 320 g/mol. The highest BCUT2D eigenvalue weighted by Gasteiger charge is 2.34. The van der Waals surface area contributed by atoms with E-state index in [9.17, 15) is 27.7 Å². The van der Waals surface area contributed by atoms with Crippen molar-refractivity contribution in [3.8, 4) is 0 Å². The van der Waals surface area contributed by atoms with Crippen LogP contribution in [0.1, 0.15) is 13.8 Å². The fourth-order valence-corrected chi connectivity index (χ4v) is 3.17. The van der Waals surface area contributed by atoms with E-state index in [0.717, 1.165) is 18.2 Å². The number of nitro groups is 1. The summed E-state index contributed by atoms with van der Waals surface area (Å²) in [4.78, 5) is 19.6. The Morgan fingerprint density at radius 3 is 2.43 bits per heavy atom. The van der Waals surface area contributed by atoms with E-state index in [1.165, 1.54) is 13.8 Å². The molecule has 21 heavy (non-hydrogen) atoms. The molecule has 0 spiro atoms. The SMILES string of the molecule is CC(C)C(NS(=O)(=O)c1c(F)cccc1[N+](=O)[O-])C(=O)O. The number of nitro benzene ring substituents is 1. The van der Waals surface area contributed by atoms with Crippen molar-refractivity contribution in [3.05, 3.63) is 34.1 Å². The van der Waals surface area contributed by atoms with Gasteiger partial charge in [0.15, 0.2) is 4.90 Å². The quantitative estimate of drug-likeness (QED) is 0.597. The van der Waals surface area contributed by atoms with Crippen LogP contribution in [0.4, 0.5) is 10.1 Å². The number of halogens is 1. The number of nitrogens with one attached hydrogen (secondary N) is 1. The number of sulfonamides is 1. The van der Waals surface area contributed by atoms with Gasteiger partial charge in [-0.05, 0) is 12.0 Å². The van der Waals surface area contributed by atoms with Gasteiger partial charge >= 0.3 is 5.97 Å². The van der Waals surface area contributed by atoms with Gasteiger partial charge in [-0.3, -0.25) is 14.9 Å². The second-order valence-electron chi connectivity index (χ2n) is 4.53. The average Bonchev–Trinajstić information content (AvgIpc) is 2.34. The Balaban J connectivity index is 3.38. The maximum atomic E-state index is 13.7. The van der Waals surface area contributed by atoms with Crippen LogP contribution >= 0.6 is 0 Å². The van der Waals surface area contributed by atoms with Crippen LogP contribution in [0.2, 0.25) is 0 Å². The van der Waals surface area contributed by atoms with Crippen molar-refractivity contribution < 1.29 is 27.6 Å². The predicted molar refractivity (Wildman–Crippen MR) is 69.6 cm³/mol. The van der Waals surface area contributed by atoms with Gasteiger partial charge in [0, 0.05) is 6.07 Å². The third kappa shape index (κ3) is 3.73. The number of hydrogen-bond acceptors (Lipinski definition) is 5. The number of aliphatic carboxylic acids is 1. The zero-order valence-electron chi connectivity index (χ0n) is 11.1. The highest BCUT2D eigenvalue weighted by molar-refractivity contribution is 7.89. The van der Waals surface area contributed by atoms with Gasteiger partial charge in [-0.2, -0.15) is 4.72 Å². The van der Waals surface area contributed by atoms with E-state index in [-0.39, 0.29) is 0 Å². The third-order valence-corrected chi connectivity index (χ3v) is 4.13. The van der Waals surface area contributed by atoms with E-state index in [2.05, 4.69) is 0 Å². The monoisotopic (exact) mass is 320 g/mol. The van der Waals surface area contributed by atoms with Crippen LogP contribution in [-0.2, 0) is 14.8 Å². The molecule has 1 atom stereocenters. The second kappa shape index (κ2) is 6.14. The van der Waals surface area contributed by atoms with Crippen molar-refractivity contribution in [2.75, 3.05) is 0 Å². The molecule has 0 fully saturated rings. The van der Waals surface area contributed by atoms with Crippen molar-refractivity contribution in [3.63, 3.8) is 0 Å². The Kier molecular flexibility index (Phi) is 4.97. The second-order valence-corrected chi connectivity index (χ2v) is 6.18. The number of carboxylic acid groups (broad SMARTS) is 1. The summed E-state index contributed by atoms with van der Waals surface area (Å²) in [6.45, 7) is 2.88. The van der Waals surface area contributed by atoms with Crippen LogP contribution in [0.15, 0.2) is 23.1 Å². The van der Waals surface area contributed by atoms with Crippen molar-refractivity contribution >= 4 is 21.7 Å². The number of benzene rings is 1. The van der Waals surface area contributed by atoms with Crippen molar-refractivity contribution in [2.24, 2.45) is 5.92 Å². The number of carboxylic acids is 1. The molecule has 1 rings (SSSR count). The Hall–Kier alpha value is -2.07. The molecule has 0 saturated carbocycles. The molecular weight excluding hydrogens is 307 g/mol. The molecule has 0 aliphatic rings. The number of rotatable bonds is 6. The molecule has 0 saturated heterocycles. The number of nitrogens with zero attached hydrogens (tertiary/aromatic N) is 1. The maximum Gasteiger partial charge on any atom is 0.322 e. The Labute approximate surface area is 119 Å². The van der Waals surface area contributed by atoms with Crippen LogP contribution in [0, 0.1) is 21.8 Å². The van der Waals surface area contributed by atoms with E-state index in [1.54, 1.807) is 4.72 Å². The molecule has 2 N–H and O–H groups in total. The lowest BCUT2D eigenvalue weighted by Crippen LogP contribution is -2.44. The minimum atomic E-state index is -4.70. The first-order valence-corrected chi connectivity index (χ1v) is 7.24. The smallest absolute Gasteiger partial charge is 0.322 e. The van der Waals surface area contributed by atoms with Gasteiger partial charge in [-0.25, -0.2) is 12.8 Å². The van der Waals surface area contributed by atoms with Gasteiger partial charge in [0.25, 0.3) is 15.7 Å². The zero-order chi connectivity index (χ0) is 16.4. The lowest BCUT2D eigenvalue weighted by Gasteiger charge is -2.18. The highest BCUT2D eigenvalue weighted by Crippen LogP contribution is 2.26. The van der Waals surface area contributed by atoms with Gasteiger partial charge in [-0.15, -0.1) is 0 Å². The fourth-order valence-electron chi connectivity index (χ4n) is 1.60. The molecule has 8 nitrogen and oxygen atoms in total. The molecule has 0 bridgehead atoms. The summed E-state index contributed by atoms with van der Waals surface area (Å²) in [6, 6.07) is 1.02. The summed E-state index contributed by atoms with van der Waals surface area (Å²) in [7, 11) is -4.70. The molecule has 10 heteroatoms. The molecule has 1 unspecified atom stereocenters. The van der Waals surface area contributed by atoms with E-state index < -0.39 is 49.3 Å². The molecule has 0 amide bonds. The first kappa shape index (κ1) is 17.0. The van der Waals surface area contributed by atoms with Crippen LogP contribution in [-0.4, -0.2) is 30.5 Å². The Morgan fingerprint density at radius 2 is 2.00 bits per heavy atom. The van der Waals surface area contributed by atoms with Crippen LogP contribution in [0.25, 0.3) is 0 Å². The summed E-state index contributed by atoms with van der Waals surface area (Å²) >= 11 is 0. The van der Waals surface area contributed by atoms with E-state index in [4.69, 9.17) is 5.11 Å². The molecule has 116 valence electrons. The third-order valence-electron chi connectivity index (χ3n) is 2.63. The molecule has 0 aromatic heterocycles. The lowest BCUT2D eigenvalue weighted by atomic mass is 10.1. The molecule has 1 aromatic rings. The largest absolute Gasteiger partial charge is 0.480 e. The first-order valence-electron chi connectivity index (χ1n) is 5.76. The van der Waals surface area contributed by atoms with Crippen LogP contribution in [0.3, 0.4) is 0 Å². The summed E-state index contributed by atoms with van der Waals surface area (Å²) in [6.07, 6.45) is 0. The fraction of sp³-hybridized carbons (Fsp3) is 0.364. The molecule has 0 radical (unpaired) electrons. The van der Waals surface area contributed by atoms with Gasteiger partial charge in [0.2, 0.25) is 0 Å². The molecule has 0 aliphatic heterocycles. The summed E-state index contributed by atoms with van der Waals surface area (Å²) in [5, 5.41) is 19.8. The molecule has 0 aliphatic carbocycles. The molecule has 0 heterocycles. The Bertz CT molecular complexity index is 673. The summed E-state index contributed by atoms with van der Waals surface area (Å²) < 4.78 is 39.6. The van der Waals surface area contributed by atoms with E-state index in [0.29, 0.717) is 0 Å². The van der Waals surface area contributed by atoms with Gasteiger partial charge in [0.1, 0.15) is 11.9 Å². The van der Waals surface area contributed by atoms with Crippen LogP contribution < -0.4 is 4.72 Å². The normalized spacial score (nSPS) is 13.1. The summed E-state index contributed by atoms with van der Waals surface area (Å²) in [5.74, 6) is -3.43. The van der Waals surface area contributed by atoms with Crippen molar-refractivity contribution in [1.82, 2.24) is 4.72 Å². The maximum absolute atomic E-state index is 13.7. The minimum absolute atomic E-state index is 0.636. The molecule has 1 aromatic carbocycles. The Morgan fingerprint density at radius 1 is 1.43 bits per heavy atom. The van der Waals surface area contributed by atoms with E-state index >= 15 is 0 Å². The standard InChI is InChI=1S/C11H13FN2O6S/c1-6(2)9(11(15)16)13-21(19,20)10-7(12)4-3-5-8(10)14(17)18/h3-6,9,13H,1-2H3,(H,15,16). The zero-order valence-corrected chi connectivity index (χ0v) is 11.9. The van der Waals surface area contributed by atoms with Gasteiger partial charge < -0.3 is 5.11 Å². The van der Waals surface area contributed by atoms with Crippen molar-refractivity contribution in [1.29, 1.82) is 0 Å². The van der Waals surface area contributed by atoms with Crippen LogP contribution in [0.5, 0.6) is 0 Å². The first-order chi connectivity index (χ1) is 9.58. The van der Waals surface area contributed by atoms with Gasteiger partial charge in [0.05, 0.1) is 4.92 Å². The summed E-state index contributed by atoms with van der Waals surface area (Å²) in [5.41, 5.74) is -0.963. The minimum Gasteiger partial charge on any atom is -0.480 e. The topological polar surface area (TPSA) is 127 Å². The highest BCUT2D eigenvalue weighted by atomic mass is 32.2. The molecular formula is C11H13FN2O6S. The number of hydrogen-bond donors (Lipinski definition) is 2.